The van der Waals surface area contributed by atoms with E-state index in [2.05, 4.69) is 25.6 Å². The number of para-hydroxylation sites is 1. The number of amides is 2. The summed E-state index contributed by atoms with van der Waals surface area (Å²) < 4.78 is 7.50. The van der Waals surface area contributed by atoms with Crippen molar-refractivity contribution in [2.45, 2.75) is 37.4 Å². The molecular formula is C21H27N7O4S. The molecule has 33 heavy (non-hydrogen) atoms. The molecule has 0 spiro atoms. The number of nitrogens with two attached hydrogens (primary N) is 1. The van der Waals surface area contributed by atoms with Gasteiger partial charge in [0, 0.05) is 18.0 Å². The third-order valence-corrected chi connectivity index (χ3v) is 6.45. The first-order valence-corrected chi connectivity index (χ1v) is 11.8. The average Bonchev–Trinajstić information content (AvgIpc) is 3.36. The number of nitrogen functional groups attached to an aromatic ring is 1. The zero-order chi connectivity index (χ0) is 23.2. The molecule has 3 heterocycles. The maximum atomic E-state index is 11.9. The Morgan fingerprint density at radius 1 is 1.15 bits per heavy atom. The summed E-state index contributed by atoms with van der Waals surface area (Å²) in [6, 6.07) is 9.05. The first kappa shape index (κ1) is 23.2. The number of benzene rings is 1. The highest BCUT2D eigenvalue weighted by Crippen LogP contribution is 2.33. The predicted octanol–water partition coefficient (Wildman–Crippen LogP) is 1.36. The van der Waals surface area contributed by atoms with Crippen molar-refractivity contribution in [3.63, 3.8) is 0 Å². The second-order valence-electron chi connectivity index (χ2n) is 7.66. The second kappa shape index (κ2) is 10.8. The number of rotatable bonds is 9. The number of hydrogen-bond acceptors (Lipinski definition) is 9. The highest BCUT2D eigenvalue weighted by Gasteiger charge is 2.44. The van der Waals surface area contributed by atoms with Gasteiger partial charge in [-0.2, -0.15) is 11.8 Å². The quantitative estimate of drug-likeness (QED) is 0.289. The molecule has 12 heteroatoms. The molecule has 0 bridgehead atoms. The van der Waals surface area contributed by atoms with E-state index >= 15 is 0 Å². The lowest BCUT2D eigenvalue weighted by atomic mass is 10.1. The first-order valence-electron chi connectivity index (χ1n) is 10.7. The van der Waals surface area contributed by atoms with Gasteiger partial charge in [0.15, 0.2) is 17.7 Å². The topological polar surface area (TPSA) is 160 Å². The van der Waals surface area contributed by atoms with Gasteiger partial charge < -0.3 is 31.3 Å². The Labute approximate surface area is 194 Å². The molecule has 4 atom stereocenters. The summed E-state index contributed by atoms with van der Waals surface area (Å²) in [4.78, 5) is 24.1. The fourth-order valence-electron chi connectivity index (χ4n) is 3.58. The van der Waals surface area contributed by atoms with E-state index in [1.54, 1.807) is 16.3 Å². The van der Waals surface area contributed by atoms with E-state index in [-0.39, 0.29) is 11.8 Å². The van der Waals surface area contributed by atoms with Crippen molar-refractivity contribution in [2.24, 2.45) is 0 Å². The molecule has 176 valence electrons. The molecule has 0 radical (unpaired) electrons. The zero-order valence-corrected chi connectivity index (χ0v) is 18.7. The summed E-state index contributed by atoms with van der Waals surface area (Å²) in [5.41, 5.74) is 7.43. The van der Waals surface area contributed by atoms with Crippen molar-refractivity contribution in [3.05, 3.63) is 43.0 Å². The van der Waals surface area contributed by atoms with E-state index in [0.717, 1.165) is 24.3 Å². The fraction of sp³-hybridized carbons (Fsp3) is 0.429. The number of anilines is 2. The predicted molar refractivity (Wildman–Crippen MR) is 126 cm³/mol. The lowest BCUT2D eigenvalue weighted by molar-refractivity contribution is -0.0289. The van der Waals surface area contributed by atoms with Crippen LogP contribution in [-0.2, 0) is 4.74 Å². The number of nitrogens with zero attached hydrogens (tertiary/aromatic N) is 4. The van der Waals surface area contributed by atoms with Crippen LogP contribution >= 0.6 is 11.8 Å². The number of carbonyl (C=O) groups is 1. The number of aliphatic hydroxyl groups excluding tert-OH is 2. The number of urea groups is 1. The number of hydrogen-bond donors (Lipinski definition) is 5. The molecule has 1 aliphatic heterocycles. The Bertz CT molecular complexity index is 1070. The van der Waals surface area contributed by atoms with Crippen LogP contribution in [0.1, 0.15) is 19.1 Å². The van der Waals surface area contributed by atoms with Crippen molar-refractivity contribution in [1.82, 2.24) is 24.8 Å². The highest BCUT2D eigenvalue weighted by molar-refractivity contribution is 7.99. The van der Waals surface area contributed by atoms with Crippen LogP contribution in [0.5, 0.6) is 0 Å². The number of nitrogens with one attached hydrogen (secondary N) is 2. The van der Waals surface area contributed by atoms with Crippen LogP contribution in [0, 0.1) is 0 Å². The van der Waals surface area contributed by atoms with Crippen LogP contribution < -0.4 is 16.4 Å². The Hall–Kier alpha value is -2.93. The standard InChI is InChI=1S/C21H27N7O4S/c22-18-15-19(25-11-24-18)28(12-26-15)20-17(30)16(29)14(32-20)10-33-9-5-4-8-23-21(31)27-13-6-2-1-3-7-13/h1-3,6-7,11-12,14,16-17,20,29-30H,4-5,8-10H2,(H2,22,24,25)(H2,23,27,31)/t14-,16-,17-,20-/m1/s1. The summed E-state index contributed by atoms with van der Waals surface area (Å²) >= 11 is 1.63. The Kier molecular flexibility index (Phi) is 7.60. The molecule has 2 aromatic heterocycles. The normalized spacial score (nSPS) is 22.5. The van der Waals surface area contributed by atoms with Gasteiger partial charge in [-0.15, -0.1) is 0 Å². The maximum absolute atomic E-state index is 11.9. The SMILES string of the molecule is Nc1ncnc2c1ncn2[C@@H]1O[C@H](CSCCCCNC(=O)Nc2ccccc2)[C@@H](O)[C@H]1O. The van der Waals surface area contributed by atoms with Crippen molar-refractivity contribution in [2.75, 3.05) is 29.1 Å². The van der Waals surface area contributed by atoms with Crippen molar-refractivity contribution in [3.8, 4) is 0 Å². The Morgan fingerprint density at radius 3 is 2.79 bits per heavy atom. The first-order chi connectivity index (χ1) is 16.0. The van der Waals surface area contributed by atoms with E-state index in [1.807, 2.05) is 30.3 Å². The molecule has 0 saturated carbocycles. The average molecular weight is 474 g/mol. The van der Waals surface area contributed by atoms with E-state index in [9.17, 15) is 15.0 Å². The highest BCUT2D eigenvalue weighted by atomic mass is 32.2. The smallest absolute Gasteiger partial charge is 0.319 e. The number of carbonyl (C=O) groups excluding carboxylic acids is 1. The van der Waals surface area contributed by atoms with Crippen LogP contribution in [0.3, 0.4) is 0 Å². The molecular weight excluding hydrogens is 446 g/mol. The van der Waals surface area contributed by atoms with E-state index in [4.69, 9.17) is 10.5 Å². The van der Waals surface area contributed by atoms with Crippen molar-refractivity contribution < 1.29 is 19.7 Å². The monoisotopic (exact) mass is 473 g/mol. The molecule has 1 aromatic carbocycles. The minimum Gasteiger partial charge on any atom is -0.387 e. The number of ether oxygens (including phenoxy) is 1. The third kappa shape index (κ3) is 5.53. The van der Waals surface area contributed by atoms with Crippen molar-refractivity contribution in [1.29, 1.82) is 0 Å². The van der Waals surface area contributed by atoms with Gasteiger partial charge in [-0.25, -0.2) is 19.7 Å². The van der Waals surface area contributed by atoms with Gasteiger partial charge in [0.2, 0.25) is 0 Å². The number of imidazole rings is 1. The summed E-state index contributed by atoms with van der Waals surface area (Å²) in [7, 11) is 0. The molecule has 2 amide bonds. The van der Waals surface area contributed by atoms with E-state index < -0.39 is 24.5 Å². The van der Waals surface area contributed by atoms with Crippen LogP contribution in [-0.4, -0.2) is 72.1 Å². The van der Waals surface area contributed by atoms with Gasteiger partial charge in [0.05, 0.1) is 12.4 Å². The minimum absolute atomic E-state index is 0.226. The molecule has 6 N–H and O–H groups in total. The van der Waals surface area contributed by atoms with Gasteiger partial charge in [-0.05, 0) is 30.7 Å². The number of unbranched alkanes of at least 4 members (excludes halogenated alkanes) is 1. The zero-order valence-electron chi connectivity index (χ0n) is 17.9. The molecule has 4 rings (SSSR count). The van der Waals surface area contributed by atoms with Gasteiger partial charge >= 0.3 is 6.03 Å². The second-order valence-corrected chi connectivity index (χ2v) is 8.81. The molecule has 1 aliphatic rings. The van der Waals surface area contributed by atoms with Gasteiger partial charge in [0.25, 0.3) is 0 Å². The Morgan fingerprint density at radius 2 is 1.97 bits per heavy atom. The fourth-order valence-corrected chi connectivity index (χ4v) is 4.66. The summed E-state index contributed by atoms with van der Waals surface area (Å²) in [6.07, 6.45) is 1.05. The summed E-state index contributed by atoms with van der Waals surface area (Å²) in [5, 5.41) is 26.6. The molecule has 1 fully saturated rings. The van der Waals surface area contributed by atoms with Crippen LogP contribution in [0.2, 0.25) is 0 Å². The van der Waals surface area contributed by atoms with Crippen LogP contribution in [0.4, 0.5) is 16.3 Å². The molecule has 0 aliphatic carbocycles. The maximum Gasteiger partial charge on any atom is 0.319 e. The number of aromatic nitrogens is 4. The number of aliphatic hydroxyl groups is 2. The van der Waals surface area contributed by atoms with Gasteiger partial charge in [-0.1, -0.05) is 18.2 Å². The van der Waals surface area contributed by atoms with E-state index in [1.165, 1.54) is 12.7 Å². The van der Waals surface area contributed by atoms with Gasteiger partial charge in [0.1, 0.15) is 24.1 Å². The molecule has 1 saturated heterocycles. The third-order valence-electron chi connectivity index (χ3n) is 5.31. The Balaban J connectivity index is 1.17. The molecule has 11 nitrogen and oxygen atoms in total. The minimum atomic E-state index is -1.11. The summed E-state index contributed by atoms with van der Waals surface area (Å²) in [6.45, 7) is 0.571. The van der Waals surface area contributed by atoms with E-state index in [0.29, 0.717) is 23.5 Å². The van der Waals surface area contributed by atoms with Crippen molar-refractivity contribution >= 4 is 40.5 Å². The number of fused-ring (bicyclic) bond motifs is 1. The lowest BCUT2D eigenvalue weighted by Gasteiger charge is -2.16. The largest absolute Gasteiger partial charge is 0.387 e. The van der Waals surface area contributed by atoms with Crippen LogP contribution in [0.15, 0.2) is 43.0 Å². The summed E-state index contributed by atoms with van der Waals surface area (Å²) in [5.74, 6) is 1.61. The van der Waals surface area contributed by atoms with Crippen LogP contribution in [0.25, 0.3) is 11.2 Å². The molecule has 3 aromatic rings. The van der Waals surface area contributed by atoms with Gasteiger partial charge in [-0.3, -0.25) is 4.57 Å². The number of thioether (sulfide) groups is 1. The lowest BCUT2D eigenvalue weighted by Crippen LogP contribution is -2.32. The molecule has 0 unspecified atom stereocenters.